The van der Waals surface area contributed by atoms with Crippen molar-refractivity contribution in [2.45, 2.75) is 22.8 Å². The van der Waals surface area contributed by atoms with E-state index in [1.807, 2.05) is 24.3 Å². The second-order valence-corrected chi connectivity index (χ2v) is 8.35. The van der Waals surface area contributed by atoms with E-state index in [0.29, 0.717) is 13.0 Å². The summed E-state index contributed by atoms with van der Waals surface area (Å²) in [5.41, 5.74) is 0. The maximum atomic E-state index is 12.6. The zero-order chi connectivity index (χ0) is 16.3. The summed E-state index contributed by atoms with van der Waals surface area (Å²) in [5, 5.41) is 9.79. The average Bonchev–Trinajstić information content (AvgIpc) is 2.99. The van der Waals surface area contributed by atoms with E-state index in [2.05, 4.69) is 4.72 Å². The zero-order valence-electron chi connectivity index (χ0n) is 12.5. The number of rotatable bonds is 6. The normalized spacial score (nSPS) is 22.5. The summed E-state index contributed by atoms with van der Waals surface area (Å²) in [6.45, 7) is 0.885. The highest BCUT2D eigenvalue weighted by atomic mass is 32.2. The van der Waals surface area contributed by atoms with E-state index >= 15 is 0 Å². The van der Waals surface area contributed by atoms with E-state index in [0.717, 1.165) is 10.1 Å². The van der Waals surface area contributed by atoms with Crippen molar-refractivity contribution in [1.29, 1.82) is 0 Å². The lowest BCUT2D eigenvalue weighted by atomic mass is 10.1. The van der Waals surface area contributed by atoms with Gasteiger partial charge in [0.1, 0.15) is 4.21 Å². The van der Waals surface area contributed by atoms with Crippen LogP contribution in [-0.2, 0) is 19.5 Å². The molecule has 1 aromatic carbocycles. The fourth-order valence-corrected chi connectivity index (χ4v) is 5.24. The monoisotopic (exact) mass is 357 g/mol. The van der Waals surface area contributed by atoms with Gasteiger partial charge in [0.05, 0.1) is 32.0 Å². The van der Waals surface area contributed by atoms with Crippen molar-refractivity contribution in [3.05, 3.63) is 30.3 Å². The van der Waals surface area contributed by atoms with Gasteiger partial charge in [-0.25, -0.2) is 13.1 Å². The van der Waals surface area contributed by atoms with Gasteiger partial charge in [-0.15, -0.1) is 11.3 Å². The molecule has 0 saturated carbocycles. The van der Waals surface area contributed by atoms with Crippen molar-refractivity contribution in [2.75, 3.05) is 26.4 Å². The second-order valence-electron chi connectivity index (χ2n) is 5.33. The first kappa shape index (κ1) is 16.8. The molecule has 8 heteroatoms. The average molecular weight is 357 g/mol. The molecule has 2 atom stereocenters. The molecule has 3 rings (SSSR count). The van der Waals surface area contributed by atoms with Crippen LogP contribution in [0.25, 0.3) is 10.1 Å². The van der Waals surface area contributed by atoms with Crippen LogP contribution in [-0.4, -0.2) is 52.1 Å². The summed E-state index contributed by atoms with van der Waals surface area (Å²) in [7, 11) is -3.63. The van der Waals surface area contributed by atoms with Gasteiger partial charge in [0, 0.05) is 11.3 Å². The van der Waals surface area contributed by atoms with E-state index in [9.17, 15) is 8.42 Å². The zero-order valence-corrected chi connectivity index (χ0v) is 14.1. The predicted octanol–water partition coefficient (Wildman–Crippen LogP) is 1.35. The molecule has 0 bridgehead atoms. The van der Waals surface area contributed by atoms with E-state index in [1.165, 1.54) is 11.3 Å². The van der Waals surface area contributed by atoms with Crippen LogP contribution in [0.3, 0.4) is 0 Å². The molecule has 0 spiro atoms. The maximum absolute atomic E-state index is 12.6. The Morgan fingerprint density at radius 2 is 2.22 bits per heavy atom. The van der Waals surface area contributed by atoms with Crippen LogP contribution in [0.2, 0.25) is 0 Å². The Morgan fingerprint density at radius 1 is 1.39 bits per heavy atom. The fourth-order valence-electron chi connectivity index (χ4n) is 2.58. The minimum atomic E-state index is -3.63. The standard InChI is InChI=1S/C15H19NO5S2/c17-6-8-21-13-5-7-20-10-12(13)16-23(18,19)15-9-11-3-1-2-4-14(11)22-15/h1-4,9,12-13,16-17H,5-8,10H2/t12-,13+/m0/s1. The van der Waals surface area contributed by atoms with Gasteiger partial charge >= 0.3 is 0 Å². The van der Waals surface area contributed by atoms with Gasteiger partial charge in [0.2, 0.25) is 0 Å². The molecule has 0 aliphatic carbocycles. The van der Waals surface area contributed by atoms with Gasteiger partial charge in [-0.2, -0.15) is 0 Å². The highest BCUT2D eigenvalue weighted by Gasteiger charge is 2.31. The second kappa shape index (κ2) is 7.25. The first-order valence-corrected chi connectivity index (χ1v) is 9.71. The topological polar surface area (TPSA) is 84.9 Å². The molecule has 6 nitrogen and oxygen atoms in total. The fraction of sp³-hybridized carbons (Fsp3) is 0.467. The minimum Gasteiger partial charge on any atom is -0.394 e. The third-order valence-electron chi connectivity index (χ3n) is 3.69. The van der Waals surface area contributed by atoms with Crippen molar-refractivity contribution < 1.29 is 23.0 Å². The van der Waals surface area contributed by atoms with E-state index in [1.54, 1.807) is 6.07 Å². The minimum absolute atomic E-state index is 0.0901. The number of fused-ring (bicyclic) bond motifs is 1. The summed E-state index contributed by atoms with van der Waals surface area (Å²) >= 11 is 1.24. The number of ether oxygens (including phenoxy) is 2. The van der Waals surface area contributed by atoms with Crippen LogP contribution in [0.4, 0.5) is 0 Å². The van der Waals surface area contributed by atoms with Crippen LogP contribution in [0.15, 0.2) is 34.5 Å². The predicted molar refractivity (Wildman–Crippen MR) is 88.2 cm³/mol. The van der Waals surface area contributed by atoms with Crippen LogP contribution < -0.4 is 4.72 Å². The molecule has 0 radical (unpaired) electrons. The van der Waals surface area contributed by atoms with Gasteiger partial charge in [0.15, 0.2) is 0 Å². The summed E-state index contributed by atoms with van der Waals surface area (Å²) in [5.74, 6) is 0. The Morgan fingerprint density at radius 3 is 3.00 bits per heavy atom. The van der Waals surface area contributed by atoms with Gasteiger partial charge in [0.25, 0.3) is 10.0 Å². The van der Waals surface area contributed by atoms with Crippen molar-refractivity contribution in [2.24, 2.45) is 0 Å². The molecule has 1 aliphatic heterocycles. The molecule has 2 aromatic rings. The number of hydrogen-bond acceptors (Lipinski definition) is 6. The Hall–Kier alpha value is -1.03. The van der Waals surface area contributed by atoms with E-state index in [-0.39, 0.29) is 30.1 Å². The first-order chi connectivity index (χ1) is 11.1. The van der Waals surface area contributed by atoms with Gasteiger partial charge in [-0.05, 0) is 23.9 Å². The number of thiophene rings is 1. The van der Waals surface area contributed by atoms with Crippen LogP contribution >= 0.6 is 11.3 Å². The molecule has 0 amide bonds. The molecule has 1 fully saturated rings. The molecule has 1 aromatic heterocycles. The first-order valence-electron chi connectivity index (χ1n) is 7.41. The molecule has 1 saturated heterocycles. The third-order valence-corrected chi connectivity index (χ3v) is 6.77. The summed E-state index contributed by atoms with van der Waals surface area (Å²) in [6, 6.07) is 8.78. The number of hydrogen-bond donors (Lipinski definition) is 2. The smallest absolute Gasteiger partial charge is 0.250 e. The number of benzene rings is 1. The summed E-state index contributed by atoms with van der Waals surface area (Å²) < 4.78 is 40.1. The van der Waals surface area contributed by atoms with Crippen LogP contribution in [0.1, 0.15) is 6.42 Å². The lowest BCUT2D eigenvalue weighted by Crippen LogP contribution is -2.50. The molecular weight excluding hydrogens is 338 g/mol. The largest absolute Gasteiger partial charge is 0.394 e. The summed E-state index contributed by atoms with van der Waals surface area (Å²) in [6.07, 6.45) is 0.305. The number of sulfonamides is 1. The molecule has 126 valence electrons. The molecule has 2 heterocycles. The Labute approximate surface area is 139 Å². The van der Waals surface area contributed by atoms with Gasteiger partial charge in [-0.1, -0.05) is 18.2 Å². The van der Waals surface area contributed by atoms with Crippen molar-refractivity contribution in [1.82, 2.24) is 4.72 Å². The lowest BCUT2D eigenvalue weighted by molar-refractivity contribution is -0.0580. The number of aliphatic hydroxyl groups is 1. The SMILES string of the molecule is O=S(=O)(N[C@H]1COCC[C@H]1OCCO)c1cc2ccccc2s1. The molecule has 1 aliphatic rings. The molecular formula is C15H19NO5S2. The third kappa shape index (κ3) is 3.90. The van der Waals surface area contributed by atoms with E-state index < -0.39 is 16.1 Å². The van der Waals surface area contributed by atoms with Crippen molar-refractivity contribution in [3.8, 4) is 0 Å². The Bertz CT molecular complexity index is 725. The van der Waals surface area contributed by atoms with Crippen LogP contribution in [0, 0.1) is 0 Å². The number of aliphatic hydroxyl groups excluding tert-OH is 1. The highest BCUT2D eigenvalue weighted by molar-refractivity contribution is 7.91. The van der Waals surface area contributed by atoms with Gasteiger partial charge < -0.3 is 14.6 Å². The van der Waals surface area contributed by atoms with Crippen molar-refractivity contribution in [3.63, 3.8) is 0 Å². The number of nitrogens with one attached hydrogen (secondary N) is 1. The Balaban J connectivity index is 1.78. The Kier molecular flexibility index (Phi) is 5.30. The van der Waals surface area contributed by atoms with Gasteiger partial charge in [-0.3, -0.25) is 0 Å². The maximum Gasteiger partial charge on any atom is 0.250 e. The van der Waals surface area contributed by atoms with Crippen molar-refractivity contribution >= 4 is 31.4 Å². The molecule has 2 N–H and O–H groups in total. The molecule has 23 heavy (non-hydrogen) atoms. The summed E-state index contributed by atoms with van der Waals surface area (Å²) in [4.78, 5) is 0. The quantitative estimate of drug-likeness (QED) is 0.815. The lowest BCUT2D eigenvalue weighted by Gasteiger charge is -2.31. The highest BCUT2D eigenvalue weighted by Crippen LogP contribution is 2.29. The van der Waals surface area contributed by atoms with Crippen LogP contribution in [0.5, 0.6) is 0 Å². The molecule has 0 unspecified atom stereocenters. The van der Waals surface area contributed by atoms with E-state index in [4.69, 9.17) is 14.6 Å².